The second-order valence-corrected chi connectivity index (χ2v) is 7.76. The van der Waals surface area contributed by atoms with Crippen molar-refractivity contribution in [2.24, 2.45) is 5.92 Å². The molecule has 0 spiro atoms. The molecule has 0 aliphatic carbocycles. The lowest BCUT2D eigenvalue weighted by Crippen LogP contribution is -2.28. The minimum Gasteiger partial charge on any atom is -0.324 e. The van der Waals surface area contributed by atoms with E-state index in [9.17, 15) is 22.4 Å². The Morgan fingerprint density at radius 1 is 1.04 bits per heavy atom. The van der Waals surface area contributed by atoms with Crippen LogP contribution in [0.5, 0.6) is 0 Å². The number of hydrogen-bond acceptors (Lipinski definition) is 4. The number of sulfonamides is 1. The van der Waals surface area contributed by atoms with Crippen molar-refractivity contribution >= 4 is 50.5 Å². The summed E-state index contributed by atoms with van der Waals surface area (Å²) >= 11 is 5.65. The number of halogens is 2. The van der Waals surface area contributed by atoms with Crippen LogP contribution in [0.1, 0.15) is 6.92 Å². The van der Waals surface area contributed by atoms with Crippen LogP contribution < -0.4 is 15.4 Å². The van der Waals surface area contributed by atoms with E-state index in [2.05, 4.69) is 15.4 Å². The van der Waals surface area contributed by atoms with Gasteiger partial charge in [-0.2, -0.15) is 0 Å². The lowest BCUT2D eigenvalue weighted by molar-refractivity contribution is -0.128. The number of amides is 2. The Hall–Kier alpha value is -2.65. The van der Waals surface area contributed by atoms with Crippen LogP contribution in [0.15, 0.2) is 41.3 Å². The van der Waals surface area contributed by atoms with E-state index in [0.717, 1.165) is 6.07 Å². The zero-order valence-corrected chi connectivity index (χ0v) is 14.9. The summed E-state index contributed by atoms with van der Waals surface area (Å²) in [5.74, 6) is -2.82. The van der Waals surface area contributed by atoms with E-state index in [0.29, 0.717) is 0 Å². The fourth-order valence-corrected chi connectivity index (χ4v) is 3.53. The summed E-state index contributed by atoms with van der Waals surface area (Å²) in [5.41, 5.74) is 0.131. The van der Waals surface area contributed by atoms with Crippen LogP contribution >= 0.6 is 11.6 Å². The molecular weight excluding hydrogens is 385 g/mol. The van der Waals surface area contributed by atoms with Gasteiger partial charge in [0, 0.05) is 5.02 Å². The molecule has 0 aromatic heterocycles. The molecule has 0 saturated carbocycles. The molecule has 0 bridgehead atoms. The number of hydrogen-bond donors (Lipinski definition) is 3. The minimum atomic E-state index is -4.14. The summed E-state index contributed by atoms with van der Waals surface area (Å²) in [6, 6.07) is 7.28. The normalized spacial score (nSPS) is 17.0. The standard InChI is InChI=1S/C16H13ClFN3O4S/c1-8-15(22)19-13-5-3-10(7-14(13)20-16(8)23)26(24,25)21-12-4-2-9(17)6-11(12)18/h2-8,21H,1H3,(H,19,22)(H,20,23). The van der Waals surface area contributed by atoms with E-state index in [4.69, 9.17) is 11.6 Å². The summed E-state index contributed by atoms with van der Waals surface area (Å²) in [5, 5.41) is 5.15. The van der Waals surface area contributed by atoms with Gasteiger partial charge in [0.2, 0.25) is 11.8 Å². The van der Waals surface area contributed by atoms with Gasteiger partial charge in [0.15, 0.2) is 0 Å². The quantitative estimate of drug-likeness (QED) is 0.692. The fourth-order valence-electron chi connectivity index (χ4n) is 2.28. The zero-order valence-electron chi connectivity index (χ0n) is 13.3. The smallest absolute Gasteiger partial charge is 0.262 e. The third kappa shape index (κ3) is 3.49. The molecule has 2 aromatic rings. The first-order valence-corrected chi connectivity index (χ1v) is 9.27. The number of carbonyl (C=O) groups excluding carboxylic acids is 2. The molecule has 7 nitrogen and oxygen atoms in total. The van der Waals surface area contributed by atoms with Gasteiger partial charge in [-0.3, -0.25) is 14.3 Å². The van der Waals surface area contributed by atoms with Crippen molar-refractivity contribution in [2.75, 3.05) is 15.4 Å². The highest BCUT2D eigenvalue weighted by atomic mass is 35.5. The lowest BCUT2D eigenvalue weighted by Gasteiger charge is -2.12. The number of nitrogens with one attached hydrogen (secondary N) is 3. The molecule has 0 radical (unpaired) electrons. The van der Waals surface area contributed by atoms with E-state index in [-0.39, 0.29) is 27.0 Å². The highest BCUT2D eigenvalue weighted by molar-refractivity contribution is 7.92. The zero-order chi connectivity index (χ0) is 19.1. The van der Waals surface area contributed by atoms with Crippen LogP contribution in [-0.4, -0.2) is 20.2 Å². The monoisotopic (exact) mass is 397 g/mol. The molecule has 3 N–H and O–H groups in total. The number of carbonyl (C=O) groups is 2. The van der Waals surface area contributed by atoms with Crippen LogP contribution in [0.4, 0.5) is 21.5 Å². The van der Waals surface area contributed by atoms with Crippen LogP contribution in [-0.2, 0) is 19.6 Å². The fraction of sp³-hybridized carbons (Fsp3) is 0.125. The van der Waals surface area contributed by atoms with Crippen molar-refractivity contribution in [1.29, 1.82) is 0 Å². The molecule has 26 heavy (non-hydrogen) atoms. The van der Waals surface area contributed by atoms with E-state index in [1.165, 1.54) is 37.3 Å². The Morgan fingerprint density at radius 2 is 1.69 bits per heavy atom. The number of rotatable bonds is 3. The maximum absolute atomic E-state index is 13.8. The molecule has 2 aromatic carbocycles. The molecule has 1 atom stereocenters. The van der Waals surface area contributed by atoms with Crippen LogP contribution in [0.2, 0.25) is 5.02 Å². The third-order valence-corrected chi connectivity index (χ3v) is 5.38. The number of anilines is 3. The number of fused-ring (bicyclic) bond motifs is 1. The van der Waals surface area contributed by atoms with E-state index in [1.807, 2.05) is 0 Å². The first kappa shape index (κ1) is 18.2. The molecule has 1 unspecified atom stereocenters. The minimum absolute atomic E-state index is 0.128. The van der Waals surface area contributed by atoms with Crippen molar-refractivity contribution < 1.29 is 22.4 Å². The molecular formula is C16H13ClFN3O4S. The lowest BCUT2D eigenvalue weighted by atomic mass is 10.1. The van der Waals surface area contributed by atoms with Gasteiger partial charge in [0.1, 0.15) is 11.7 Å². The van der Waals surface area contributed by atoms with Crippen molar-refractivity contribution in [2.45, 2.75) is 11.8 Å². The molecule has 10 heteroatoms. The van der Waals surface area contributed by atoms with Gasteiger partial charge in [-0.15, -0.1) is 0 Å². The first-order chi connectivity index (χ1) is 12.2. The average molecular weight is 398 g/mol. The summed E-state index contributed by atoms with van der Waals surface area (Å²) in [4.78, 5) is 23.5. The Labute approximate surface area is 153 Å². The highest BCUT2D eigenvalue weighted by Crippen LogP contribution is 2.30. The van der Waals surface area contributed by atoms with Gasteiger partial charge in [-0.1, -0.05) is 11.6 Å². The SMILES string of the molecule is CC1C(=O)Nc2ccc(S(=O)(=O)Nc3ccc(Cl)cc3F)cc2NC1=O. The second-order valence-electron chi connectivity index (χ2n) is 5.64. The maximum atomic E-state index is 13.8. The highest BCUT2D eigenvalue weighted by Gasteiger charge is 2.28. The van der Waals surface area contributed by atoms with Gasteiger partial charge in [0.25, 0.3) is 10.0 Å². The summed E-state index contributed by atoms with van der Waals surface area (Å²) in [7, 11) is -4.14. The Morgan fingerprint density at radius 3 is 2.35 bits per heavy atom. The van der Waals surface area contributed by atoms with Crippen molar-refractivity contribution in [1.82, 2.24) is 0 Å². The first-order valence-electron chi connectivity index (χ1n) is 7.41. The largest absolute Gasteiger partial charge is 0.324 e. The molecule has 3 rings (SSSR count). The van der Waals surface area contributed by atoms with Crippen molar-refractivity contribution in [3.63, 3.8) is 0 Å². The van der Waals surface area contributed by atoms with Gasteiger partial charge in [-0.25, -0.2) is 12.8 Å². The predicted molar refractivity (Wildman–Crippen MR) is 95.1 cm³/mol. The number of benzene rings is 2. The molecule has 1 aliphatic heterocycles. The Bertz CT molecular complexity index is 1030. The maximum Gasteiger partial charge on any atom is 0.262 e. The van der Waals surface area contributed by atoms with Crippen molar-refractivity contribution in [3.05, 3.63) is 47.2 Å². The van der Waals surface area contributed by atoms with E-state index >= 15 is 0 Å². The topological polar surface area (TPSA) is 104 Å². The molecule has 136 valence electrons. The van der Waals surface area contributed by atoms with Gasteiger partial charge < -0.3 is 10.6 Å². The Kier molecular flexibility index (Phi) is 4.59. The van der Waals surface area contributed by atoms with Crippen LogP contribution in [0.25, 0.3) is 0 Å². The summed E-state index contributed by atoms with van der Waals surface area (Å²) in [6.07, 6.45) is 0. The predicted octanol–water partition coefficient (Wildman–Crippen LogP) is 2.81. The molecule has 2 amide bonds. The van der Waals surface area contributed by atoms with Crippen molar-refractivity contribution in [3.8, 4) is 0 Å². The summed E-state index contributed by atoms with van der Waals surface area (Å²) < 4.78 is 41.0. The molecule has 0 saturated heterocycles. The van der Waals surface area contributed by atoms with Gasteiger partial charge >= 0.3 is 0 Å². The molecule has 1 heterocycles. The second kappa shape index (κ2) is 6.58. The van der Waals surface area contributed by atoms with E-state index in [1.54, 1.807) is 0 Å². The third-order valence-electron chi connectivity index (χ3n) is 3.78. The van der Waals surface area contributed by atoms with E-state index < -0.39 is 33.6 Å². The molecule has 0 fully saturated rings. The summed E-state index contributed by atoms with van der Waals surface area (Å²) in [6.45, 7) is 1.43. The van der Waals surface area contributed by atoms with Gasteiger partial charge in [-0.05, 0) is 43.3 Å². The van der Waals surface area contributed by atoms with Gasteiger partial charge in [0.05, 0.1) is 22.0 Å². The average Bonchev–Trinajstić information content (AvgIpc) is 2.67. The van der Waals surface area contributed by atoms with Crippen LogP contribution in [0.3, 0.4) is 0 Å². The Balaban J connectivity index is 1.96. The molecule has 1 aliphatic rings. The van der Waals surface area contributed by atoms with Crippen LogP contribution in [0, 0.1) is 11.7 Å².